The summed E-state index contributed by atoms with van der Waals surface area (Å²) in [6.07, 6.45) is 3.40. The molecule has 0 N–H and O–H groups in total. The van der Waals surface area contributed by atoms with Crippen LogP contribution in [0.25, 0.3) is 5.69 Å². The van der Waals surface area contributed by atoms with E-state index in [1.165, 1.54) is 6.07 Å². The highest BCUT2D eigenvalue weighted by Crippen LogP contribution is 2.26. The molecule has 156 valence electrons. The van der Waals surface area contributed by atoms with E-state index >= 15 is 0 Å². The molecule has 0 spiro atoms. The van der Waals surface area contributed by atoms with Crippen LogP contribution in [0.5, 0.6) is 11.5 Å². The molecule has 0 unspecified atom stereocenters. The lowest BCUT2D eigenvalue weighted by Crippen LogP contribution is -2.50. The number of aromatic nitrogens is 2. The third-order valence-corrected chi connectivity index (χ3v) is 5.07. The average Bonchev–Trinajstić information content (AvgIpc) is 3.27. The normalized spacial score (nSPS) is 13.9. The van der Waals surface area contributed by atoms with Gasteiger partial charge in [-0.25, -0.2) is 9.37 Å². The van der Waals surface area contributed by atoms with Crippen LogP contribution in [0.3, 0.4) is 0 Å². The second-order valence-electron chi connectivity index (χ2n) is 6.86. The maximum Gasteiger partial charge on any atom is 0.260 e. The maximum absolute atomic E-state index is 14.2. The van der Waals surface area contributed by atoms with Crippen molar-refractivity contribution in [2.45, 2.75) is 0 Å². The van der Waals surface area contributed by atoms with Crippen molar-refractivity contribution < 1.29 is 18.7 Å². The van der Waals surface area contributed by atoms with Crippen LogP contribution < -0.4 is 14.4 Å². The number of piperazine rings is 1. The van der Waals surface area contributed by atoms with Crippen molar-refractivity contribution in [3.05, 3.63) is 66.7 Å². The first kappa shape index (κ1) is 19.8. The van der Waals surface area contributed by atoms with Gasteiger partial charge in [-0.3, -0.25) is 9.36 Å². The summed E-state index contributed by atoms with van der Waals surface area (Å²) in [6, 6.07) is 13.8. The molecule has 0 radical (unpaired) electrons. The zero-order valence-corrected chi connectivity index (χ0v) is 16.7. The van der Waals surface area contributed by atoms with Gasteiger partial charge < -0.3 is 19.3 Å². The third-order valence-electron chi connectivity index (χ3n) is 5.07. The number of methoxy groups -OCH3 is 1. The fourth-order valence-electron chi connectivity index (χ4n) is 3.49. The summed E-state index contributed by atoms with van der Waals surface area (Å²) in [4.78, 5) is 20.8. The fourth-order valence-corrected chi connectivity index (χ4v) is 3.49. The molecule has 0 bridgehead atoms. The predicted octanol–water partition coefficient (Wildman–Crippen LogP) is 2.75. The highest BCUT2D eigenvalue weighted by Gasteiger charge is 2.24. The van der Waals surface area contributed by atoms with Crippen LogP contribution in [0.4, 0.5) is 10.3 Å². The lowest BCUT2D eigenvalue weighted by molar-refractivity contribution is -0.133. The Morgan fingerprint density at radius 1 is 1.03 bits per heavy atom. The summed E-state index contributed by atoms with van der Waals surface area (Å²) in [5, 5.41) is 0. The summed E-state index contributed by atoms with van der Waals surface area (Å²) in [6.45, 7) is 2.23. The summed E-state index contributed by atoms with van der Waals surface area (Å²) in [7, 11) is 1.56. The van der Waals surface area contributed by atoms with E-state index in [0.717, 1.165) is 0 Å². The van der Waals surface area contributed by atoms with Crippen LogP contribution in [-0.2, 0) is 4.79 Å². The summed E-state index contributed by atoms with van der Waals surface area (Å²) in [5.41, 5.74) is 0.453. The van der Waals surface area contributed by atoms with E-state index in [1.54, 1.807) is 59.3 Å². The molecule has 3 aromatic rings. The highest BCUT2D eigenvalue weighted by atomic mass is 19.1. The Hall–Kier alpha value is -3.55. The van der Waals surface area contributed by atoms with Gasteiger partial charge in [0.05, 0.1) is 12.8 Å². The highest BCUT2D eigenvalue weighted by molar-refractivity contribution is 5.78. The molecule has 0 atom stereocenters. The monoisotopic (exact) mass is 410 g/mol. The lowest BCUT2D eigenvalue weighted by atomic mass is 10.3. The molecular formula is C22H23FN4O3. The molecule has 1 aromatic heterocycles. The minimum absolute atomic E-state index is 0.0514. The molecule has 1 saturated heterocycles. The number of rotatable bonds is 6. The number of carbonyl (C=O) groups is 1. The van der Waals surface area contributed by atoms with Crippen LogP contribution in [0, 0.1) is 5.82 Å². The van der Waals surface area contributed by atoms with E-state index in [4.69, 9.17) is 9.47 Å². The van der Waals surface area contributed by atoms with Gasteiger partial charge in [-0.15, -0.1) is 0 Å². The van der Waals surface area contributed by atoms with Gasteiger partial charge in [-0.05, 0) is 24.3 Å². The molecular weight excluding hydrogens is 387 g/mol. The van der Waals surface area contributed by atoms with Crippen LogP contribution in [0.2, 0.25) is 0 Å². The number of benzene rings is 2. The Morgan fingerprint density at radius 2 is 1.73 bits per heavy atom. The van der Waals surface area contributed by atoms with Crippen molar-refractivity contribution in [2.75, 3.05) is 44.8 Å². The summed E-state index contributed by atoms with van der Waals surface area (Å²) < 4.78 is 26.8. The zero-order valence-electron chi connectivity index (χ0n) is 16.7. The van der Waals surface area contributed by atoms with Gasteiger partial charge in [0.2, 0.25) is 5.95 Å². The number of imidazole rings is 1. The van der Waals surface area contributed by atoms with Crippen molar-refractivity contribution in [1.29, 1.82) is 0 Å². The molecule has 1 aliphatic rings. The average molecular weight is 410 g/mol. The van der Waals surface area contributed by atoms with E-state index in [1.807, 2.05) is 12.1 Å². The number of anilines is 1. The third kappa shape index (κ3) is 4.07. The second kappa shape index (κ2) is 8.86. The Morgan fingerprint density at radius 3 is 2.47 bits per heavy atom. The molecule has 4 rings (SSSR count). The van der Waals surface area contributed by atoms with Crippen LogP contribution in [-0.4, -0.2) is 60.3 Å². The smallest absolute Gasteiger partial charge is 0.260 e. The van der Waals surface area contributed by atoms with Crippen LogP contribution in [0.15, 0.2) is 60.9 Å². The van der Waals surface area contributed by atoms with Gasteiger partial charge in [-0.2, -0.15) is 0 Å². The first-order chi connectivity index (χ1) is 14.7. The first-order valence-electron chi connectivity index (χ1n) is 9.74. The Labute approximate surface area is 174 Å². The predicted molar refractivity (Wildman–Crippen MR) is 111 cm³/mol. The first-order valence-corrected chi connectivity index (χ1v) is 9.74. The van der Waals surface area contributed by atoms with E-state index in [0.29, 0.717) is 49.3 Å². The van der Waals surface area contributed by atoms with Gasteiger partial charge in [0.25, 0.3) is 5.91 Å². The Kier molecular flexibility index (Phi) is 5.83. The number of amides is 1. The number of hydrogen-bond donors (Lipinski definition) is 0. The quantitative estimate of drug-likeness (QED) is 0.626. The van der Waals surface area contributed by atoms with Gasteiger partial charge in [0.1, 0.15) is 5.82 Å². The number of hydrogen-bond acceptors (Lipinski definition) is 5. The Bertz CT molecular complexity index is 1010. The van der Waals surface area contributed by atoms with Gasteiger partial charge in [-0.1, -0.05) is 24.3 Å². The number of halogens is 1. The van der Waals surface area contributed by atoms with Gasteiger partial charge in [0.15, 0.2) is 18.1 Å². The number of carbonyl (C=O) groups excluding carboxylic acids is 1. The molecule has 2 aromatic carbocycles. The molecule has 1 aliphatic heterocycles. The molecule has 30 heavy (non-hydrogen) atoms. The van der Waals surface area contributed by atoms with Crippen molar-refractivity contribution >= 4 is 11.9 Å². The van der Waals surface area contributed by atoms with Crippen molar-refractivity contribution in [3.63, 3.8) is 0 Å². The number of para-hydroxylation sites is 3. The zero-order chi connectivity index (χ0) is 20.9. The van der Waals surface area contributed by atoms with E-state index in [-0.39, 0.29) is 18.3 Å². The molecule has 8 heteroatoms. The summed E-state index contributed by atoms with van der Waals surface area (Å²) in [5.74, 6) is 1.41. The Balaban J connectivity index is 1.36. The minimum Gasteiger partial charge on any atom is -0.493 e. The summed E-state index contributed by atoms with van der Waals surface area (Å²) >= 11 is 0. The largest absolute Gasteiger partial charge is 0.493 e. The van der Waals surface area contributed by atoms with Gasteiger partial charge >= 0.3 is 0 Å². The van der Waals surface area contributed by atoms with E-state index in [2.05, 4.69) is 9.88 Å². The SMILES string of the molecule is COc1ccccc1OCC(=O)N1CCN(c2nccn2-c2ccccc2F)CC1. The topological polar surface area (TPSA) is 59.8 Å². The molecule has 1 fully saturated rings. The minimum atomic E-state index is -0.306. The molecule has 2 heterocycles. The maximum atomic E-state index is 14.2. The van der Waals surface area contributed by atoms with Crippen LogP contribution >= 0.6 is 0 Å². The van der Waals surface area contributed by atoms with E-state index in [9.17, 15) is 9.18 Å². The number of ether oxygens (including phenoxy) is 2. The van der Waals surface area contributed by atoms with Crippen molar-refractivity contribution in [1.82, 2.24) is 14.5 Å². The molecule has 7 nitrogen and oxygen atoms in total. The fraction of sp³-hybridized carbons (Fsp3) is 0.273. The molecule has 0 saturated carbocycles. The van der Waals surface area contributed by atoms with Crippen molar-refractivity contribution in [3.8, 4) is 17.2 Å². The van der Waals surface area contributed by atoms with Gasteiger partial charge in [0, 0.05) is 38.6 Å². The molecule has 1 amide bonds. The van der Waals surface area contributed by atoms with Crippen molar-refractivity contribution in [2.24, 2.45) is 0 Å². The molecule has 0 aliphatic carbocycles. The number of nitrogens with zero attached hydrogens (tertiary/aromatic N) is 4. The second-order valence-corrected chi connectivity index (χ2v) is 6.86. The standard InChI is InChI=1S/C22H23FN4O3/c1-29-19-8-4-5-9-20(19)30-16-21(28)25-12-14-26(15-13-25)22-24-10-11-27(22)18-7-3-2-6-17(18)23/h2-11H,12-16H2,1H3. The van der Waals surface area contributed by atoms with Crippen LogP contribution in [0.1, 0.15) is 0 Å². The lowest BCUT2D eigenvalue weighted by Gasteiger charge is -2.35. The van der Waals surface area contributed by atoms with E-state index < -0.39 is 0 Å².